The van der Waals surface area contributed by atoms with Crippen LogP contribution in [0.3, 0.4) is 0 Å². The molecule has 2 aromatic carbocycles. The first-order chi connectivity index (χ1) is 16.2. The van der Waals surface area contributed by atoms with Crippen LogP contribution < -0.4 is 10.1 Å². The van der Waals surface area contributed by atoms with Crippen molar-refractivity contribution in [1.82, 2.24) is 20.1 Å². The highest BCUT2D eigenvalue weighted by molar-refractivity contribution is 6.24. The van der Waals surface area contributed by atoms with E-state index in [9.17, 15) is 27.2 Å². The molecule has 1 aliphatic heterocycles. The second kappa shape index (κ2) is 7.80. The summed E-state index contributed by atoms with van der Waals surface area (Å²) in [7, 11) is 0. The van der Waals surface area contributed by atoms with E-state index < -0.39 is 29.7 Å². The maximum Gasteiger partial charge on any atom is 0.573 e. The van der Waals surface area contributed by atoms with Crippen LogP contribution in [-0.4, -0.2) is 32.9 Å². The van der Waals surface area contributed by atoms with Crippen molar-refractivity contribution in [3.8, 4) is 34.0 Å². The lowest BCUT2D eigenvalue weighted by molar-refractivity contribution is -0.274. The number of hydrogen-bond acceptors (Lipinski definition) is 5. The van der Waals surface area contributed by atoms with Crippen LogP contribution in [0.1, 0.15) is 20.7 Å². The normalized spacial score (nSPS) is 13.1. The van der Waals surface area contributed by atoms with E-state index in [2.05, 4.69) is 20.1 Å². The van der Waals surface area contributed by atoms with E-state index in [4.69, 9.17) is 0 Å². The molecule has 34 heavy (non-hydrogen) atoms. The van der Waals surface area contributed by atoms with Crippen LogP contribution in [-0.2, 0) is 0 Å². The van der Waals surface area contributed by atoms with Crippen molar-refractivity contribution in [1.29, 1.82) is 0 Å². The number of nitrogens with one attached hydrogen (secondary N) is 1. The Morgan fingerprint density at radius 3 is 2.47 bits per heavy atom. The molecule has 0 aliphatic carbocycles. The van der Waals surface area contributed by atoms with Gasteiger partial charge < -0.3 is 4.74 Å². The molecule has 2 amide bonds. The fourth-order valence-corrected chi connectivity index (χ4v) is 3.73. The summed E-state index contributed by atoms with van der Waals surface area (Å²) in [5.41, 5.74) is 1.53. The highest BCUT2D eigenvalue weighted by Gasteiger charge is 2.32. The van der Waals surface area contributed by atoms with Gasteiger partial charge in [0.05, 0.1) is 34.4 Å². The zero-order valence-electron chi connectivity index (χ0n) is 16.9. The van der Waals surface area contributed by atoms with Gasteiger partial charge in [-0.05, 0) is 36.4 Å². The van der Waals surface area contributed by atoms with E-state index in [0.717, 1.165) is 12.1 Å². The second-order valence-electron chi connectivity index (χ2n) is 7.27. The van der Waals surface area contributed by atoms with Gasteiger partial charge in [-0.25, -0.2) is 9.07 Å². The number of alkyl halides is 3. The predicted molar refractivity (Wildman–Crippen MR) is 111 cm³/mol. The SMILES string of the molecule is O=C1NC(=O)c2c1cccc2-c1cc(-c2cc(F)cc(OC(F)(F)F)c2)n(-c2cccnc2)n1. The van der Waals surface area contributed by atoms with Crippen LogP contribution in [0, 0.1) is 5.82 Å². The number of carbonyl (C=O) groups excluding carboxylic acids is 2. The molecule has 0 saturated carbocycles. The van der Waals surface area contributed by atoms with Crippen LogP contribution >= 0.6 is 0 Å². The van der Waals surface area contributed by atoms with E-state index in [1.165, 1.54) is 29.2 Å². The summed E-state index contributed by atoms with van der Waals surface area (Å²) in [6.07, 6.45) is -2.03. The van der Waals surface area contributed by atoms with Gasteiger partial charge >= 0.3 is 6.36 Å². The third kappa shape index (κ3) is 3.87. The molecule has 2 aromatic heterocycles. The first kappa shape index (κ1) is 21.3. The maximum atomic E-state index is 14.2. The quantitative estimate of drug-likeness (QED) is 0.352. The highest BCUT2D eigenvalue weighted by atomic mass is 19.4. The van der Waals surface area contributed by atoms with Gasteiger partial charge in [0.2, 0.25) is 0 Å². The van der Waals surface area contributed by atoms with E-state index >= 15 is 0 Å². The van der Waals surface area contributed by atoms with Gasteiger partial charge in [0.15, 0.2) is 0 Å². The summed E-state index contributed by atoms with van der Waals surface area (Å²) < 4.78 is 57.7. The minimum absolute atomic E-state index is 0.0370. The van der Waals surface area contributed by atoms with Gasteiger partial charge in [0.1, 0.15) is 11.6 Å². The zero-order valence-corrected chi connectivity index (χ0v) is 16.9. The van der Waals surface area contributed by atoms with Crippen LogP contribution in [0.15, 0.2) is 67.0 Å². The molecular formula is C23H12F4N4O3. The molecule has 0 saturated heterocycles. The summed E-state index contributed by atoms with van der Waals surface area (Å²) in [6, 6.07) is 12.1. The molecule has 1 aliphatic rings. The number of pyridine rings is 1. The van der Waals surface area contributed by atoms with Crippen molar-refractivity contribution in [2.24, 2.45) is 0 Å². The Morgan fingerprint density at radius 1 is 0.941 bits per heavy atom. The van der Waals surface area contributed by atoms with E-state index in [1.54, 1.807) is 24.3 Å². The van der Waals surface area contributed by atoms with Gasteiger partial charge in [-0.3, -0.25) is 19.9 Å². The monoisotopic (exact) mass is 468 g/mol. The number of ether oxygens (including phenoxy) is 1. The van der Waals surface area contributed by atoms with Gasteiger partial charge in [-0.2, -0.15) is 5.10 Å². The summed E-state index contributed by atoms with van der Waals surface area (Å²) in [6.45, 7) is 0. The standard InChI is InChI=1S/C23H12F4N4O3/c24-13-7-12(8-15(9-13)34-23(25,26)27)19-10-18(30-31(19)14-3-2-6-28-11-14)16-4-1-5-17-20(16)22(33)29-21(17)32/h1-11H,(H,29,32,33). The lowest BCUT2D eigenvalue weighted by Gasteiger charge is -2.11. The zero-order chi connectivity index (χ0) is 24.0. The number of halogens is 4. The molecule has 7 nitrogen and oxygen atoms in total. The van der Waals surface area contributed by atoms with Gasteiger partial charge in [-0.1, -0.05) is 12.1 Å². The van der Waals surface area contributed by atoms with Crippen LogP contribution in [0.4, 0.5) is 17.6 Å². The summed E-state index contributed by atoms with van der Waals surface area (Å²) >= 11 is 0. The molecular weight excluding hydrogens is 456 g/mol. The molecule has 0 unspecified atom stereocenters. The number of carbonyl (C=O) groups is 2. The van der Waals surface area contributed by atoms with Crippen molar-refractivity contribution >= 4 is 11.8 Å². The number of imide groups is 1. The Hall–Kier alpha value is -4.54. The second-order valence-corrected chi connectivity index (χ2v) is 7.27. The molecule has 4 aromatic rings. The maximum absolute atomic E-state index is 14.2. The van der Waals surface area contributed by atoms with Gasteiger partial charge in [0, 0.05) is 23.4 Å². The fourth-order valence-electron chi connectivity index (χ4n) is 3.73. The molecule has 11 heteroatoms. The minimum atomic E-state index is -5.01. The lowest BCUT2D eigenvalue weighted by atomic mass is 10.00. The minimum Gasteiger partial charge on any atom is -0.406 e. The molecule has 0 spiro atoms. The number of fused-ring (bicyclic) bond motifs is 1. The number of aromatic nitrogens is 3. The predicted octanol–water partition coefficient (Wildman–Crippen LogP) is 4.52. The summed E-state index contributed by atoms with van der Waals surface area (Å²) in [5.74, 6) is -2.84. The van der Waals surface area contributed by atoms with Crippen LogP contribution in [0.5, 0.6) is 5.75 Å². The number of benzene rings is 2. The molecule has 0 bridgehead atoms. The number of hydrogen-bond donors (Lipinski definition) is 1. The van der Waals surface area contributed by atoms with Gasteiger partial charge in [0.25, 0.3) is 11.8 Å². The fraction of sp³-hybridized carbons (Fsp3) is 0.0435. The average molecular weight is 468 g/mol. The number of amides is 2. The molecule has 5 rings (SSSR count). The van der Waals surface area contributed by atoms with E-state index in [-0.39, 0.29) is 28.1 Å². The van der Waals surface area contributed by atoms with Crippen molar-refractivity contribution in [2.45, 2.75) is 6.36 Å². The van der Waals surface area contributed by atoms with Gasteiger partial charge in [-0.15, -0.1) is 13.2 Å². The van der Waals surface area contributed by atoms with E-state index in [1.807, 2.05) is 0 Å². The third-order valence-electron chi connectivity index (χ3n) is 5.04. The Labute approximate surface area is 188 Å². The molecule has 0 radical (unpaired) electrons. The highest BCUT2D eigenvalue weighted by Crippen LogP contribution is 2.35. The first-order valence-corrected chi connectivity index (χ1v) is 9.76. The smallest absolute Gasteiger partial charge is 0.406 e. The Balaban J connectivity index is 1.71. The number of nitrogens with zero attached hydrogens (tertiary/aromatic N) is 3. The van der Waals surface area contributed by atoms with Crippen LogP contribution in [0.2, 0.25) is 0 Å². The van der Waals surface area contributed by atoms with Crippen molar-refractivity contribution in [3.05, 3.63) is 83.9 Å². The Morgan fingerprint density at radius 2 is 1.74 bits per heavy atom. The topological polar surface area (TPSA) is 86.1 Å². The third-order valence-corrected chi connectivity index (χ3v) is 5.04. The van der Waals surface area contributed by atoms with Crippen LogP contribution in [0.25, 0.3) is 28.2 Å². The largest absolute Gasteiger partial charge is 0.573 e. The van der Waals surface area contributed by atoms with Crippen molar-refractivity contribution < 1.29 is 31.9 Å². The van der Waals surface area contributed by atoms with Crippen molar-refractivity contribution in [3.63, 3.8) is 0 Å². The van der Waals surface area contributed by atoms with E-state index in [0.29, 0.717) is 17.3 Å². The first-order valence-electron chi connectivity index (χ1n) is 9.76. The average Bonchev–Trinajstić information content (AvgIpc) is 3.34. The van der Waals surface area contributed by atoms with Crippen molar-refractivity contribution in [2.75, 3.05) is 0 Å². The molecule has 0 atom stereocenters. The Bertz CT molecular complexity index is 1450. The summed E-state index contributed by atoms with van der Waals surface area (Å²) in [5, 5.41) is 6.72. The molecule has 3 heterocycles. The molecule has 170 valence electrons. The lowest BCUT2D eigenvalue weighted by Crippen LogP contribution is -2.20. The molecule has 0 fully saturated rings. The molecule has 1 N–H and O–H groups in total. The number of rotatable bonds is 4. The Kier molecular flexibility index (Phi) is 4.89. The summed E-state index contributed by atoms with van der Waals surface area (Å²) in [4.78, 5) is 28.4.